The average molecular weight is 512 g/mol. The molecule has 0 radical (unpaired) electrons. The molecule has 2 aromatic rings. The predicted molar refractivity (Wildman–Crippen MR) is 128 cm³/mol. The molecule has 1 aliphatic rings. The van der Waals surface area contributed by atoms with Crippen LogP contribution in [0.1, 0.15) is 24.8 Å². The van der Waals surface area contributed by atoms with E-state index in [-0.39, 0.29) is 41.8 Å². The second-order valence-corrected chi connectivity index (χ2v) is 7.34. The molecular formula is C22H30FIN4O. The van der Waals surface area contributed by atoms with Crippen LogP contribution in [-0.4, -0.2) is 54.8 Å². The minimum Gasteiger partial charge on any atom is -0.393 e. The maximum Gasteiger partial charge on any atom is 0.191 e. The van der Waals surface area contributed by atoms with Gasteiger partial charge in [0.25, 0.3) is 0 Å². The van der Waals surface area contributed by atoms with E-state index in [0.717, 1.165) is 31.9 Å². The molecular weight excluding hydrogens is 482 g/mol. The van der Waals surface area contributed by atoms with Crippen LogP contribution in [0.25, 0.3) is 0 Å². The van der Waals surface area contributed by atoms with Gasteiger partial charge in [0.15, 0.2) is 5.96 Å². The molecule has 0 amide bonds. The fourth-order valence-electron chi connectivity index (χ4n) is 3.60. The Morgan fingerprint density at radius 3 is 2.28 bits per heavy atom. The zero-order valence-corrected chi connectivity index (χ0v) is 19.1. The smallest absolute Gasteiger partial charge is 0.191 e. The summed E-state index contributed by atoms with van der Waals surface area (Å²) in [4.78, 5) is 8.94. The number of guanidine groups is 1. The Morgan fingerprint density at radius 2 is 1.69 bits per heavy atom. The second kappa shape index (κ2) is 11.3. The summed E-state index contributed by atoms with van der Waals surface area (Å²) in [6.45, 7) is 5.55. The van der Waals surface area contributed by atoms with Crippen molar-refractivity contribution in [2.75, 3.05) is 37.6 Å². The third kappa shape index (κ3) is 6.85. The van der Waals surface area contributed by atoms with E-state index in [0.29, 0.717) is 18.9 Å². The van der Waals surface area contributed by atoms with Gasteiger partial charge < -0.3 is 20.6 Å². The van der Waals surface area contributed by atoms with Crippen LogP contribution in [0.4, 0.5) is 10.1 Å². The van der Waals surface area contributed by atoms with Crippen molar-refractivity contribution in [3.63, 3.8) is 0 Å². The lowest BCUT2D eigenvalue weighted by molar-refractivity contribution is 0.175. The number of aliphatic hydroxyl groups is 1. The molecule has 29 heavy (non-hydrogen) atoms. The average Bonchev–Trinajstić information content (AvgIpc) is 2.72. The molecule has 0 aromatic heterocycles. The second-order valence-electron chi connectivity index (χ2n) is 7.34. The summed E-state index contributed by atoms with van der Waals surface area (Å²) in [5.74, 6) is 0.467. The molecule has 3 N–H and O–H groups in total. The van der Waals surface area contributed by atoms with Crippen LogP contribution < -0.4 is 10.6 Å². The molecule has 0 bridgehead atoms. The van der Waals surface area contributed by atoms with E-state index in [1.807, 2.05) is 30.3 Å². The quantitative estimate of drug-likeness (QED) is 0.354. The lowest BCUT2D eigenvalue weighted by atomic mass is 9.93. The van der Waals surface area contributed by atoms with E-state index in [1.165, 1.54) is 17.7 Å². The standard InChI is InChI=1S/C22H29FN4O.HI/c1-17(28)15-19(18-5-3-2-4-6-18)16-25-22(24)27-13-11-26(12-14-27)21-9-7-20(23)8-10-21;/h2-10,17,19,28H,11-16H2,1H3,(H2,24,25);1H. The van der Waals surface area contributed by atoms with E-state index in [1.54, 1.807) is 6.92 Å². The molecule has 2 atom stereocenters. The molecule has 7 heteroatoms. The Balaban J connectivity index is 0.00000300. The number of nitrogens with zero attached hydrogens (tertiary/aromatic N) is 3. The molecule has 1 saturated heterocycles. The van der Waals surface area contributed by atoms with Gasteiger partial charge >= 0.3 is 0 Å². The summed E-state index contributed by atoms with van der Waals surface area (Å²) < 4.78 is 13.1. The highest BCUT2D eigenvalue weighted by Gasteiger charge is 2.20. The molecule has 0 saturated carbocycles. The van der Waals surface area contributed by atoms with E-state index >= 15 is 0 Å². The fraction of sp³-hybridized carbons (Fsp3) is 0.409. The maximum atomic E-state index is 13.1. The van der Waals surface area contributed by atoms with Gasteiger partial charge in [0.05, 0.1) is 6.10 Å². The van der Waals surface area contributed by atoms with Crippen molar-refractivity contribution in [3.05, 3.63) is 66.0 Å². The van der Waals surface area contributed by atoms with Gasteiger partial charge in [-0.25, -0.2) is 4.39 Å². The molecule has 5 nitrogen and oxygen atoms in total. The Morgan fingerprint density at radius 1 is 1.07 bits per heavy atom. The van der Waals surface area contributed by atoms with Gasteiger partial charge in [0, 0.05) is 44.3 Å². The van der Waals surface area contributed by atoms with E-state index < -0.39 is 0 Å². The van der Waals surface area contributed by atoms with Crippen molar-refractivity contribution in [1.29, 1.82) is 0 Å². The molecule has 3 rings (SSSR count). The minimum atomic E-state index is -0.388. The van der Waals surface area contributed by atoms with Crippen LogP contribution in [0.15, 0.2) is 59.6 Å². The number of hydrogen-bond donors (Lipinski definition) is 2. The Labute approximate surface area is 189 Å². The Hall–Kier alpha value is -1.87. The van der Waals surface area contributed by atoms with Crippen LogP contribution in [0, 0.1) is 5.82 Å². The first kappa shape index (κ1) is 23.4. The highest BCUT2D eigenvalue weighted by molar-refractivity contribution is 14.0. The lowest BCUT2D eigenvalue weighted by Gasteiger charge is -2.36. The van der Waals surface area contributed by atoms with Crippen LogP contribution in [0.2, 0.25) is 0 Å². The van der Waals surface area contributed by atoms with Crippen molar-refractivity contribution < 1.29 is 9.50 Å². The molecule has 1 heterocycles. The van der Waals surface area contributed by atoms with Crippen molar-refractivity contribution in [1.82, 2.24) is 4.90 Å². The van der Waals surface area contributed by atoms with Crippen molar-refractivity contribution in [2.45, 2.75) is 25.4 Å². The molecule has 158 valence electrons. The summed E-state index contributed by atoms with van der Waals surface area (Å²) in [7, 11) is 0. The largest absolute Gasteiger partial charge is 0.393 e. The summed E-state index contributed by atoms with van der Waals surface area (Å²) in [5.41, 5.74) is 8.45. The fourth-order valence-corrected chi connectivity index (χ4v) is 3.60. The molecule has 2 unspecified atom stereocenters. The molecule has 0 spiro atoms. The number of nitrogens with two attached hydrogens (primary N) is 1. The van der Waals surface area contributed by atoms with E-state index in [4.69, 9.17) is 5.73 Å². The number of aliphatic hydroxyl groups excluding tert-OH is 1. The van der Waals surface area contributed by atoms with Gasteiger partial charge in [-0.05, 0) is 43.2 Å². The predicted octanol–water partition coefficient (Wildman–Crippen LogP) is 3.44. The zero-order valence-electron chi connectivity index (χ0n) is 16.7. The van der Waals surface area contributed by atoms with Crippen molar-refractivity contribution in [3.8, 4) is 0 Å². The van der Waals surface area contributed by atoms with Crippen LogP contribution >= 0.6 is 24.0 Å². The molecule has 0 aliphatic carbocycles. The van der Waals surface area contributed by atoms with Gasteiger partial charge in [0.2, 0.25) is 0 Å². The number of rotatable bonds is 6. The van der Waals surface area contributed by atoms with E-state index in [9.17, 15) is 9.50 Å². The molecule has 1 fully saturated rings. The Bertz CT molecular complexity index is 762. The summed E-state index contributed by atoms with van der Waals surface area (Å²) in [6.07, 6.45) is 0.264. The highest BCUT2D eigenvalue weighted by Crippen LogP contribution is 2.22. The molecule has 2 aromatic carbocycles. The van der Waals surface area contributed by atoms with Gasteiger partial charge in [-0.2, -0.15) is 0 Å². The van der Waals surface area contributed by atoms with Gasteiger partial charge in [-0.3, -0.25) is 4.99 Å². The number of halogens is 2. The third-order valence-corrected chi connectivity index (χ3v) is 5.17. The van der Waals surface area contributed by atoms with Gasteiger partial charge in [0.1, 0.15) is 5.82 Å². The number of hydrogen-bond acceptors (Lipinski definition) is 3. The SMILES string of the molecule is CC(O)CC(CN=C(N)N1CCN(c2ccc(F)cc2)CC1)c1ccccc1.I. The topological polar surface area (TPSA) is 65.1 Å². The van der Waals surface area contributed by atoms with E-state index in [2.05, 4.69) is 26.9 Å². The number of piperazine rings is 1. The summed E-state index contributed by atoms with van der Waals surface area (Å²) in [5, 5.41) is 9.83. The zero-order chi connectivity index (χ0) is 19.9. The van der Waals surface area contributed by atoms with Gasteiger partial charge in [-0.1, -0.05) is 30.3 Å². The van der Waals surface area contributed by atoms with Crippen LogP contribution in [0.3, 0.4) is 0 Å². The Kier molecular flexibility index (Phi) is 9.16. The normalized spacial score (nSPS) is 16.9. The van der Waals surface area contributed by atoms with Crippen molar-refractivity contribution >= 4 is 35.6 Å². The molecule has 1 aliphatic heterocycles. The van der Waals surface area contributed by atoms with Crippen LogP contribution in [0.5, 0.6) is 0 Å². The first-order valence-corrected chi connectivity index (χ1v) is 9.81. The number of anilines is 1. The first-order chi connectivity index (χ1) is 13.5. The number of aliphatic imine (C=N–C) groups is 1. The van der Waals surface area contributed by atoms with Gasteiger partial charge in [-0.15, -0.1) is 24.0 Å². The van der Waals surface area contributed by atoms with Crippen LogP contribution in [-0.2, 0) is 0 Å². The maximum absolute atomic E-state index is 13.1. The summed E-state index contributed by atoms with van der Waals surface area (Å²) in [6, 6.07) is 16.7. The lowest BCUT2D eigenvalue weighted by Crippen LogP contribution is -2.51. The first-order valence-electron chi connectivity index (χ1n) is 9.81. The monoisotopic (exact) mass is 512 g/mol. The highest BCUT2D eigenvalue weighted by atomic mass is 127. The number of benzene rings is 2. The summed E-state index contributed by atoms with van der Waals surface area (Å²) >= 11 is 0. The van der Waals surface area contributed by atoms with Crippen molar-refractivity contribution in [2.24, 2.45) is 10.7 Å². The third-order valence-electron chi connectivity index (χ3n) is 5.17. The minimum absolute atomic E-state index is 0.